The molecule has 23 heavy (non-hydrogen) atoms. The van der Waals surface area contributed by atoms with Crippen molar-refractivity contribution in [2.45, 2.75) is 19.9 Å². The monoisotopic (exact) mass is 324 g/mol. The number of rotatable bonds is 5. The highest BCUT2D eigenvalue weighted by Crippen LogP contribution is 2.26. The molecule has 3 heterocycles. The van der Waals surface area contributed by atoms with E-state index in [9.17, 15) is 4.79 Å². The van der Waals surface area contributed by atoms with Crippen LogP contribution in [0.25, 0.3) is 10.7 Å². The van der Waals surface area contributed by atoms with Gasteiger partial charge in [-0.05, 0) is 30.7 Å². The summed E-state index contributed by atoms with van der Waals surface area (Å²) in [6.45, 7) is 2.41. The van der Waals surface area contributed by atoms with Crippen LogP contribution in [0.1, 0.15) is 16.1 Å². The van der Waals surface area contributed by atoms with Gasteiger partial charge in [-0.15, -0.1) is 11.3 Å². The molecule has 0 aromatic carbocycles. The van der Waals surface area contributed by atoms with E-state index in [0.29, 0.717) is 13.0 Å². The number of nitrogens with zero attached hydrogens (tertiary/aromatic N) is 3. The van der Waals surface area contributed by atoms with Crippen molar-refractivity contribution in [3.05, 3.63) is 65.1 Å². The normalized spacial score (nSPS) is 10.5. The van der Waals surface area contributed by atoms with E-state index >= 15 is 0 Å². The summed E-state index contributed by atoms with van der Waals surface area (Å²) in [5, 5.41) is 3.75. The molecule has 0 aliphatic carbocycles. The second-order valence-corrected chi connectivity index (χ2v) is 6.14. The van der Waals surface area contributed by atoms with Crippen LogP contribution < -0.4 is 5.32 Å². The van der Waals surface area contributed by atoms with Crippen molar-refractivity contribution < 1.29 is 4.79 Å². The highest BCUT2D eigenvalue weighted by Gasteiger charge is 2.13. The zero-order valence-electron chi connectivity index (χ0n) is 12.7. The van der Waals surface area contributed by atoms with Crippen molar-refractivity contribution in [1.29, 1.82) is 0 Å². The molecule has 1 N–H and O–H groups in total. The van der Waals surface area contributed by atoms with Crippen LogP contribution in [-0.4, -0.2) is 20.9 Å². The molecular formula is C17H16N4OS. The first kappa shape index (κ1) is 15.3. The topological polar surface area (TPSA) is 67.8 Å². The summed E-state index contributed by atoms with van der Waals surface area (Å²) in [6, 6.07) is 9.51. The van der Waals surface area contributed by atoms with Crippen LogP contribution in [0.4, 0.5) is 0 Å². The summed E-state index contributed by atoms with van der Waals surface area (Å²) in [5.41, 5.74) is 2.70. The largest absolute Gasteiger partial charge is 0.352 e. The second kappa shape index (κ2) is 7.11. The van der Waals surface area contributed by atoms with Gasteiger partial charge in [-0.1, -0.05) is 12.1 Å². The minimum absolute atomic E-state index is 0.0202. The average Bonchev–Trinajstić information content (AvgIpc) is 2.95. The van der Waals surface area contributed by atoms with Gasteiger partial charge >= 0.3 is 0 Å². The van der Waals surface area contributed by atoms with E-state index in [0.717, 1.165) is 26.8 Å². The molecule has 0 saturated heterocycles. The summed E-state index contributed by atoms with van der Waals surface area (Å²) >= 11 is 1.52. The molecule has 3 aromatic heterocycles. The molecule has 0 bridgehead atoms. The predicted octanol–water partition coefficient (Wildman–Crippen LogP) is 2.77. The number of aryl methyl sites for hydroxylation is 1. The number of aromatic nitrogens is 3. The molecule has 0 unspecified atom stereocenters. The fraction of sp³-hybridized carbons (Fsp3) is 0.176. The van der Waals surface area contributed by atoms with E-state index in [1.807, 2.05) is 37.3 Å². The van der Waals surface area contributed by atoms with E-state index in [1.165, 1.54) is 11.3 Å². The molecule has 6 heteroatoms. The number of pyridine rings is 2. The van der Waals surface area contributed by atoms with Gasteiger partial charge in [-0.2, -0.15) is 0 Å². The highest BCUT2D eigenvalue weighted by atomic mass is 32.1. The van der Waals surface area contributed by atoms with Gasteiger partial charge in [0.1, 0.15) is 5.01 Å². The number of hydrogen-bond acceptors (Lipinski definition) is 5. The Bertz CT molecular complexity index is 787. The maximum Gasteiger partial charge on any atom is 0.225 e. The Morgan fingerprint density at radius 3 is 2.87 bits per heavy atom. The molecule has 3 aromatic rings. The van der Waals surface area contributed by atoms with E-state index in [-0.39, 0.29) is 5.91 Å². The van der Waals surface area contributed by atoms with Crippen LogP contribution in [-0.2, 0) is 17.8 Å². The summed E-state index contributed by atoms with van der Waals surface area (Å²) < 4.78 is 0. The van der Waals surface area contributed by atoms with Gasteiger partial charge in [0, 0.05) is 30.0 Å². The van der Waals surface area contributed by atoms with Gasteiger partial charge in [0.05, 0.1) is 17.8 Å². The molecule has 1 amide bonds. The van der Waals surface area contributed by atoms with Crippen LogP contribution in [0.15, 0.2) is 48.9 Å². The van der Waals surface area contributed by atoms with E-state index in [4.69, 9.17) is 0 Å². The number of nitrogens with one attached hydrogen (secondary N) is 1. The molecule has 0 radical (unpaired) electrons. The average molecular weight is 324 g/mol. The van der Waals surface area contributed by atoms with Crippen molar-refractivity contribution in [3.8, 4) is 10.7 Å². The quantitative estimate of drug-likeness (QED) is 0.783. The number of amides is 1. The summed E-state index contributed by atoms with van der Waals surface area (Å²) in [6.07, 6.45) is 5.53. The first-order valence-electron chi connectivity index (χ1n) is 7.25. The Morgan fingerprint density at radius 2 is 2.13 bits per heavy atom. The Balaban J connectivity index is 1.64. The molecule has 0 aliphatic heterocycles. The van der Waals surface area contributed by atoms with Crippen molar-refractivity contribution in [2.24, 2.45) is 0 Å². The first-order chi connectivity index (χ1) is 11.2. The lowest BCUT2D eigenvalue weighted by molar-refractivity contribution is -0.120. The maximum absolute atomic E-state index is 12.1. The van der Waals surface area contributed by atoms with Gasteiger partial charge in [-0.25, -0.2) is 4.98 Å². The predicted molar refractivity (Wildman–Crippen MR) is 89.9 cm³/mol. The van der Waals surface area contributed by atoms with Crippen molar-refractivity contribution >= 4 is 17.2 Å². The van der Waals surface area contributed by atoms with Crippen molar-refractivity contribution in [1.82, 2.24) is 20.3 Å². The third kappa shape index (κ3) is 3.98. The lowest BCUT2D eigenvalue weighted by Gasteiger charge is -2.04. The summed E-state index contributed by atoms with van der Waals surface area (Å²) in [7, 11) is 0. The number of carbonyl (C=O) groups is 1. The standard InChI is InChI=1S/C17H16N4OS/c1-12-15(23-17(21-12)14-6-2-3-8-19-14)9-16(22)20-11-13-5-4-7-18-10-13/h2-8,10H,9,11H2,1H3,(H,20,22). The van der Waals surface area contributed by atoms with Crippen LogP contribution in [0.3, 0.4) is 0 Å². The SMILES string of the molecule is Cc1nc(-c2ccccn2)sc1CC(=O)NCc1cccnc1. The van der Waals surface area contributed by atoms with Crippen LogP contribution in [0.2, 0.25) is 0 Å². The smallest absolute Gasteiger partial charge is 0.225 e. The third-order valence-electron chi connectivity index (χ3n) is 3.31. The highest BCUT2D eigenvalue weighted by molar-refractivity contribution is 7.15. The molecule has 116 valence electrons. The molecular weight excluding hydrogens is 308 g/mol. The molecule has 5 nitrogen and oxygen atoms in total. The molecule has 0 atom stereocenters. The number of thiazole rings is 1. The Kier molecular flexibility index (Phi) is 4.73. The maximum atomic E-state index is 12.1. The minimum atomic E-state index is -0.0202. The number of carbonyl (C=O) groups excluding carboxylic acids is 1. The minimum Gasteiger partial charge on any atom is -0.352 e. The molecule has 0 aliphatic rings. The van der Waals surface area contributed by atoms with Gasteiger partial charge in [-0.3, -0.25) is 14.8 Å². The van der Waals surface area contributed by atoms with Crippen LogP contribution in [0.5, 0.6) is 0 Å². The zero-order chi connectivity index (χ0) is 16.1. The molecule has 0 spiro atoms. The summed E-state index contributed by atoms with van der Waals surface area (Å²) in [4.78, 5) is 25.9. The lowest BCUT2D eigenvalue weighted by atomic mass is 10.2. The summed E-state index contributed by atoms with van der Waals surface area (Å²) in [5.74, 6) is -0.0202. The Labute approximate surface area is 138 Å². The second-order valence-electron chi connectivity index (χ2n) is 5.06. The van der Waals surface area contributed by atoms with Crippen molar-refractivity contribution in [3.63, 3.8) is 0 Å². The Morgan fingerprint density at radius 1 is 1.22 bits per heavy atom. The van der Waals surface area contributed by atoms with Crippen LogP contribution >= 0.6 is 11.3 Å². The van der Waals surface area contributed by atoms with Gasteiger partial charge in [0.25, 0.3) is 0 Å². The van der Waals surface area contributed by atoms with Gasteiger partial charge in [0.2, 0.25) is 5.91 Å². The lowest BCUT2D eigenvalue weighted by Crippen LogP contribution is -2.24. The fourth-order valence-electron chi connectivity index (χ4n) is 2.10. The number of hydrogen-bond donors (Lipinski definition) is 1. The molecule has 0 saturated carbocycles. The van der Waals surface area contributed by atoms with Crippen molar-refractivity contribution in [2.75, 3.05) is 0 Å². The molecule has 3 rings (SSSR count). The van der Waals surface area contributed by atoms with E-state index < -0.39 is 0 Å². The zero-order valence-corrected chi connectivity index (χ0v) is 13.5. The Hall–Kier alpha value is -2.60. The molecule has 0 fully saturated rings. The third-order valence-corrected chi connectivity index (χ3v) is 4.49. The van der Waals surface area contributed by atoms with E-state index in [2.05, 4.69) is 20.3 Å². The van der Waals surface area contributed by atoms with E-state index in [1.54, 1.807) is 18.6 Å². The first-order valence-corrected chi connectivity index (χ1v) is 8.07. The van der Waals surface area contributed by atoms with Gasteiger partial charge < -0.3 is 5.32 Å². The van der Waals surface area contributed by atoms with Gasteiger partial charge in [0.15, 0.2) is 0 Å². The van der Waals surface area contributed by atoms with Crippen LogP contribution in [0, 0.1) is 6.92 Å². The fourth-order valence-corrected chi connectivity index (χ4v) is 3.14.